The van der Waals surface area contributed by atoms with Gasteiger partial charge in [-0.25, -0.2) is 9.18 Å². The average molecular weight is 466 g/mol. The number of thioether (sulfide) groups is 2. The second-order valence-corrected chi connectivity index (χ2v) is 10.2. The number of hydrogen-bond acceptors (Lipinski definition) is 6. The minimum absolute atomic E-state index is 0.0470. The Morgan fingerprint density at radius 3 is 2.80 bits per heavy atom. The lowest BCUT2D eigenvalue weighted by molar-refractivity contribution is -0.133. The lowest BCUT2D eigenvalue weighted by atomic mass is 9.90. The summed E-state index contributed by atoms with van der Waals surface area (Å²) in [6.07, 6.45) is 2.71. The fourth-order valence-corrected chi connectivity index (χ4v) is 5.64. The highest BCUT2D eigenvalue weighted by Crippen LogP contribution is 2.36. The number of aliphatic carboxylic acids is 1. The van der Waals surface area contributed by atoms with Crippen LogP contribution in [0.15, 0.2) is 35.2 Å². The summed E-state index contributed by atoms with van der Waals surface area (Å²) in [5.74, 6) is -1.68. The summed E-state index contributed by atoms with van der Waals surface area (Å²) in [4.78, 5) is 23.1. The second-order valence-electron chi connectivity index (χ2n) is 7.68. The molecule has 0 bridgehead atoms. The van der Waals surface area contributed by atoms with Crippen LogP contribution in [0, 0.1) is 11.8 Å². The molecule has 1 fully saturated rings. The van der Waals surface area contributed by atoms with Gasteiger partial charge in [0.05, 0.1) is 5.60 Å². The molecular formula is C20H26F3NO4S2. The maximum absolute atomic E-state index is 12.9. The molecule has 5 nitrogen and oxygen atoms in total. The predicted molar refractivity (Wildman–Crippen MR) is 112 cm³/mol. The molecule has 168 valence electrons. The van der Waals surface area contributed by atoms with Crippen LogP contribution < -0.4 is 5.32 Å². The average Bonchev–Trinajstić information content (AvgIpc) is 3.28. The molecule has 0 aromatic carbocycles. The molecule has 0 aromatic rings. The SMILES string of the molecule is C[C@@](O)(C/C=C/[C@H]1CCC(=O)C1CCSC1NC(C(=O)O)=CS1)CCC(F)=C(F)F. The Morgan fingerprint density at radius 1 is 1.43 bits per heavy atom. The number of carbonyl (C=O) groups is 2. The first-order valence-corrected chi connectivity index (χ1v) is 11.7. The van der Waals surface area contributed by atoms with Crippen molar-refractivity contribution in [2.45, 2.75) is 55.8 Å². The Hall–Kier alpha value is -1.39. The van der Waals surface area contributed by atoms with Crippen molar-refractivity contribution in [3.8, 4) is 0 Å². The van der Waals surface area contributed by atoms with Crippen LogP contribution >= 0.6 is 23.5 Å². The summed E-state index contributed by atoms with van der Waals surface area (Å²) < 4.78 is 37.1. The number of carboxylic acids is 1. The molecule has 2 rings (SSSR count). The number of rotatable bonds is 11. The normalized spacial score (nSPS) is 25.8. The van der Waals surface area contributed by atoms with Crippen molar-refractivity contribution in [2.24, 2.45) is 11.8 Å². The van der Waals surface area contributed by atoms with Crippen molar-refractivity contribution in [3.63, 3.8) is 0 Å². The monoisotopic (exact) mass is 465 g/mol. The Balaban J connectivity index is 1.77. The summed E-state index contributed by atoms with van der Waals surface area (Å²) in [5.41, 5.74) is -1.13. The molecule has 10 heteroatoms. The van der Waals surface area contributed by atoms with E-state index in [4.69, 9.17) is 5.11 Å². The fourth-order valence-electron chi connectivity index (χ4n) is 3.43. The quantitative estimate of drug-likeness (QED) is 0.378. The van der Waals surface area contributed by atoms with Crippen molar-refractivity contribution < 1.29 is 33.0 Å². The molecule has 4 atom stereocenters. The molecule has 1 saturated carbocycles. The minimum Gasteiger partial charge on any atom is -0.477 e. The Labute approximate surface area is 182 Å². The van der Waals surface area contributed by atoms with Crippen LogP contribution in [-0.4, -0.2) is 38.0 Å². The molecule has 30 heavy (non-hydrogen) atoms. The standard InChI is InChI=1S/C20H26F3NO4S2/c1-20(28,9-6-14(21)17(22)23)8-2-3-12-4-5-16(25)13(12)7-10-29-19-24-15(11-30-19)18(26)27/h2-3,11-13,19,24,28H,4-10H2,1H3,(H,26,27)/b3-2+/t12-,13?,19?,20+/m0/s1. The molecule has 0 saturated heterocycles. The summed E-state index contributed by atoms with van der Waals surface area (Å²) >= 11 is 2.95. The highest BCUT2D eigenvalue weighted by molar-refractivity contribution is 8.18. The maximum Gasteiger partial charge on any atom is 0.352 e. The van der Waals surface area contributed by atoms with Gasteiger partial charge in [0.2, 0.25) is 0 Å². The van der Waals surface area contributed by atoms with E-state index in [-0.39, 0.29) is 40.9 Å². The largest absolute Gasteiger partial charge is 0.477 e. The van der Waals surface area contributed by atoms with Crippen molar-refractivity contribution in [2.75, 3.05) is 5.75 Å². The Bertz CT molecular complexity index is 736. The van der Waals surface area contributed by atoms with Crippen LogP contribution in [0.3, 0.4) is 0 Å². The van der Waals surface area contributed by atoms with Crippen LogP contribution in [0.1, 0.15) is 45.4 Å². The van der Waals surface area contributed by atoms with Gasteiger partial charge in [-0.2, -0.15) is 8.78 Å². The smallest absolute Gasteiger partial charge is 0.352 e. The number of hydrogen-bond donors (Lipinski definition) is 3. The van der Waals surface area contributed by atoms with Crippen LogP contribution in [0.25, 0.3) is 0 Å². The third-order valence-corrected chi connectivity index (χ3v) is 7.57. The van der Waals surface area contributed by atoms with E-state index in [1.165, 1.54) is 18.7 Å². The molecule has 1 aliphatic heterocycles. The van der Waals surface area contributed by atoms with E-state index in [1.54, 1.807) is 23.2 Å². The molecule has 2 unspecified atom stereocenters. The second kappa shape index (κ2) is 11.3. The van der Waals surface area contributed by atoms with E-state index >= 15 is 0 Å². The lowest BCUT2D eigenvalue weighted by Crippen LogP contribution is -2.23. The Morgan fingerprint density at radius 2 is 2.17 bits per heavy atom. The van der Waals surface area contributed by atoms with Gasteiger partial charge in [-0.3, -0.25) is 4.79 Å². The number of Topliss-reactive ketones (excluding diaryl/α,β-unsaturated/α-hetero) is 1. The first-order chi connectivity index (χ1) is 14.1. The van der Waals surface area contributed by atoms with Crippen LogP contribution in [-0.2, 0) is 9.59 Å². The van der Waals surface area contributed by atoms with Crippen molar-refractivity contribution in [1.29, 1.82) is 0 Å². The van der Waals surface area contributed by atoms with Gasteiger partial charge in [0.25, 0.3) is 0 Å². The van der Waals surface area contributed by atoms with E-state index in [9.17, 15) is 27.9 Å². The summed E-state index contributed by atoms with van der Waals surface area (Å²) in [6.45, 7) is 1.47. The maximum atomic E-state index is 12.9. The zero-order chi connectivity index (χ0) is 22.3. The number of ketones is 1. The van der Waals surface area contributed by atoms with Gasteiger partial charge in [-0.15, -0.1) is 11.8 Å². The first kappa shape index (κ1) is 24.9. The van der Waals surface area contributed by atoms with Crippen LogP contribution in [0.2, 0.25) is 0 Å². The number of carbonyl (C=O) groups excluding carboxylic acids is 1. The number of aliphatic hydroxyl groups is 1. The summed E-state index contributed by atoms with van der Waals surface area (Å²) in [7, 11) is 0. The molecule has 0 radical (unpaired) electrons. The topological polar surface area (TPSA) is 86.6 Å². The summed E-state index contributed by atoms with van der Waals surface area (Å²) in [5, 5.41) is 23.7. The van der Waals surface area contributed by atoms with Gasteiger partial charge >= 0.3 is 12.0 Å². The van der Waals surface area contributed by atoms with Crippen molar-refractivity contribution in [1.82, 2.24) is 5.32 Å². The molecular weight excluding hydrogens is 439 g/mol. The van der Waals surface area contributed by atoms with Gasteiger partial charge in [-0.1, -0.05) is 23.9 Å². The molecule has 0 amide bonds. The first-order valence-electron chi connectivity index (χ1n) is 9.67. The molecule has 0 spiro atoms. The van der Waals surface area contributed by atoms with Gasteiger partial charge in [0.15, 0.2) is 5.83 Å². The molecule has 0 aromatic heterocycles. The zero-order valence-electron chi connectivity index (χ0n) is 16.6. The van der Waals surface area contributed by atoms with Crippen molar-refractivity contribution >= 4 is 35.3 Å². The molecule has 1 heterocycles. The minimum atomic E-state index is -2.35. The van der Waals surface area contributed by atoms with E-state index in [1.807, 2.05) is 6.08 Å². The van der Waals surface area contributed by atoms with E-state index in [0.29, 0.717) is 18.6 Å². The van der Waals surface area contributed by atoms with E-state index in [0.717, 1.165) is 6.42 Å². The number of nitrogens with one attached hydrogen (secondary N) is 1. The Kier molecular flexibility index (Phi) is 9.36. The van der Waals surface area contributed by atoms with E-state index < -0.39 is 29.9 Å². The van der Waals surface area contributed by atoms with Gasteiger partial charge in [0.1, 0.15) is 16.2 Å². The zero-order valence-corrected chi connectivity index (χ0v) is 18.2. The van der Waals surface area contributed by atoms with E-state index in [2.05, 4.69) is 5.32 Å². The molecule has 2 aliphatic rings. The molecule has 3 N–H and O–H groups in total. The third-order valence-electron chi connectivity index (χ3n) is 5.19. The van der Waals surface area contributed by atoms with Crippen molar-refractivity contribution in [3.05, 3.63) is 35.2 Å². The fraction of sp³-hybridized carbons (Fsp3) is 0.600. The van der Waals surface area contributed by atoms with Gasteiger partial charge in [-0.05, 0) is 44.3 Å². The van der Waals surface area contributed by atoms with Gasteiger partial charge < -0.3 is 15.5 Å². The molecule has 1 aliphatic carbocycles. The number of halogens is 3. The predicted octanol–water partition coefficient (Wildman–Crippen LogP) is 4.81. The summed E-state index contributed by atoms with van der Waals surface area (Å²) in [6, 6.07) is 0. The van der Waals surface area contributed by atoms with Crippen LogP contribution in [0.5, 0.6) is 0 Å². The third kappa shape index (κ3) is 7.70. The van der Waals surface area contributed by atoms with Crippen LogP contribution in [0.4, 0.5) is 13.2 Å². The number of allylic oxidation sites excluding steroid dienone is 2. The highest BCUT2D eigenvalue weighted by Gasteiger charge is 2.33. The lowest BCUT2D eigenvalue weighted by Gasteiger charge is -2.21. The number of carboxylic acid groups (broad SMARTS) is 1. The van der Waals surface area contributed by atoms with Gasteiger partial charge in [0, 0.05) is 24.2 Å². The highest BCUT2D eigenvalue weighted by atomic mass is 32.2.